The number of halogens is 2. The topological polar surface area (TPSA) is 29.1 Å². The average molecular weight is 369 g/mol. The zero-order valence-electron chi connectivity index (χ0n) is 9.49. The lowest BCUT2D eigenvalue weighted by atomic mass is 10.2. The highest BCUT2D eigenvalue weighted by atomic mass is 79.9. The Labute approximate surface area is 123 Å². The van der Waals surface area contributed by atoms with E-state index in [-0.39, 0.29) is 5.91 Å². The van der Waals surface area contributed by atoms with Gasteiger partial charge in [-0.1, -0.05) is 46.3 Å². The Morgan fingerprint density at radius 1 is 1.06 bits per heavy atom. The summed E-state index contributed by atoms with van der Waals surface area (Å²) >= 11 is 6.74. The molecule has 0 heterocycles. The van der Waals surface area contributed by atoms with Crippen molar-refractivity contribution in [3.05, 3.63) is 68.6 Å². The van der Waals surface area contributed by atoms with Gasteiger partial charge in [0.25, 0.3) is 5.91 Å². The monoisotopic (exact) mass is 367 g/mol. The largest absolute Gasteiger partial charge is 0.348 e. The van der Waals surface area contributed by atoms with E-state index in [4.69, 9.17) is 0 Å². The zero-order valence-corrected chi connectivity index (χ0v) is 12.7. The summed E-state index contributed by atoms with van der Waals surface area (Å²) in [5.41, 5.74) is 1.71. The molecule has 0 radical (unpaired) electrons. The number of carbonyl (C=O) groups excluding carboxylic acids is 1. The molecule has 0 atom stereocenters. The first-order valence-electron chi connectivity index (χ1n) is 5.44. The van der Waals surface area contributed by atoms with Gasteiger partial charge in [-0.2, -0.15) is 0 Å². The van der Waals surface area contributed by atoms with Crippen LogP contribution in [0.5, 0.6) is 0 Å². The molecule has 0 aliphatic rings. The molecule has 2 nitrogen and oxygen atoms in total. The van der Waals surface area contributed by atoms with Crippen LogP contribution in [-0.4, -0.2) is 5.91 Å². The maximum atomic E-state index is 12.0. The van der Waals surface area contributed by atoms with E-state index in [1.165, 1.54) is 0 Å². The summed E-state index contributed by atoms with van der Waals surface area (Å²) in [5.74, 6) is -0.0907. The predicted octanol–water partition coefficient (Wildman–Crippen LogP) is 4.14. The van der Waals surface area contributed by atoms with Crippen molar-refractivity contribution in [3.63, 3.8) is 0 Å². The van der Waals surface area contributed by atoms with Gasteiger partial charge in [-0.15, -0.1) is 0 Å². The van der Waals surface area contributed by atoms with Gasteiger partial charge in [-0.05, 0) is 39.7 Å². The van der Waals surface area contributed by atoms with Crippen molar-refractivity contribution >= 4 is 37.8 Å². The lowest BCUT2D eigenvalue weighted by Gasteiger charge is -2.07. The number of benzene rings is 2. The molecule has 0 fully saturated rings. The molecule has 4 heteroatoms. The van der Waals surface area contributed by atoms with Gasteiger partial charge in [0.1, 0.15) is 0 Å². The van der Waals surface area contributed by atoms with Crippen LogP contribution in [0.15, 0.2) is 57.5 Å². The Morgan fingerprint density at radius 3 is 2.50 bits per heavy atom. The molecule has 1 N–H and O–H groups in total. The van der Waals surface area contributed by atoms with E-state index in [0.717, 1.165) is 14.5 Å². The molecule has 92 valence electrons. The third kappa shape index (κ3) is 3.43. The Bertz CT molecular complexity index is 555. The molecule has 0 unspecified atom stereocenters. The van der Waals surface area contributed by atoms with Crippen molar-refractivity contribution in [3.8, 4) is 0 Å². The van der Waals surface area contributed by atoms with Gasteiger partial charge in [0, 0.05) is 15.5 Å². The van der Waals surface area contributed by atoms with Crippen LogP contribution < -0.4 is 5.32 Å². The van der Waals surface area contributed by atoms with Gasteiger partial charge in [0.15, 0.2) is 0 Å². The summed E-state index contributed by atoms with van der Waals surface area (Å²) in [6, 6.07) is 15.4. The number of amides is 1. The maximum Gasteiger partial charge on any atom is 0.252 e. The number of hydrogen-bond donors (Lipinski definition) is 1. The van der Waals surface area contributed by atoms with Crippen LogP contribution in [0.2, 0.25) is 0 Å². The predicted molar refractivity (Wildman–Crippen MR) is 79.5 cm³/mol. The van der Waals surface area contributed by atoms with E-state index in [1.807, 2.05) is 42.5 Å². The Hall–Kier alpha value is -1.13. The minimum Gasteiger partial charge on any atom is -0.348 e. The van der Waals surface area contributed by atoms with E-state index in [2.05, 4.69) is 37.2 Å². The van der Waals surface area contributed by atoms with Gasteiger partial charge in [0.05, 0.1) is 5.56 Å². The van der Waals surface area contributed by atoms with Gasteiger partial charge >= 0.3 is 0 Å². The quantitative estimate of drug-likeness (QED) is 0.866. The fourth-order valence-corrected chi connectivity index (χ4v) is 2.33. The fraction of sp³-hybridized carbons (Fsp3) is 0.0714. The lowest BCUT2D eigenvalue weighted by molar-refractivity contribution is 0.0950. The van der Waals surface area contributed by atoms with Crippen LogP contribution >= 0.6 is 31.9 Å². The number of nitrogens with one attached hydrogen (secondary N) is 1. The summed E-state index contributed by atoms with van der Waals surface area (Å²) in [4.78, 5) is 12.0. The molecular weight excluding hydrogens is 358 g/mol. The Kier molecular flexibility index (Phi) is 4.55. The SMILES string of the molecule is O=C(NCc1ccccc1)c1cc(Br)ccc1Br. The molecular formula is C14H11Br2NO. The normalized spacial score (nSPS) is 10.1. The van der Waals surface area contributed by atoms with Gasteiger partial charge in [0.2, 0.25) is 0 Å². The van der Waals surface area contributed by atoms with Crippen LogP contribution in [-0.2, 0) is 6.54 Å². The molecule has 0 aliphatic carbocycles. The Morgan fingerprint density at radius 2 is 1.78 bits per heavy atom. The summed E-state index contributed by atoms with van der Waals surface area (Å²) in [7, 11) is 0. The van der Waals surface area contributed by atoms with Crippen LogP contribution in [0.1, 0.15) is 15.9 Å². The summed E-state index contributed by atoms with van der Waals surface area (Å²) in [6.45, 7) is 0.526. The molecule has 2 rings (SSSR count). The Balaban J connectivity index is 2.06. The highest BCUT2D eigenvalue weighted by Gasteiger charge is 2.09. The first-order chi connectivity index (χ1) is 8.66. The van der Waals surface area contributed by atoms with Crippen LogP contribution in [0.25, 0.3) is 0 Å². The first-order valence-corrected chi connectivity index (χ1v) is 7.02. The van der Waals surface area contributed by atoms with Gasteiger partial charge < -0.3 is 5.32 Å². The standard InChI is InChI=1S/C14H11Br2NO/c15-11-6-7-13(16)12(8-11)14(18)17-9-10-4-2-1-3-5-10/h1-8H,9H2,(H,17,18). The smallest absolute Gasteiger partial charge is 0.252 e. The van der Waals surface area contributed by atoms with Crippen LogP contribution in [0.3, 0.4) is 0 Å². The van der Waals surface area contributed by atoms with E-state index < -0.39 is 0 Å². The third-order valence-electron chi connectivity index (χ3n) is 2.47. The average Bonchev–Trinajstić information content (AvgIpc) is 2.40. The van der Waals surface area contributed by atoms with Crippen LogP contribution in [0.4, 0.5) is 0 Å². The second-order valence-electron chi connectivity index (χ2n) is 3.79. The molecule has 0 aromatic heterocycles. The molecule has 0 saturated carbocycles. The van der Waals surface area contributed by atoms with Crippen molar-refractivity contribution < 1.29 is 4.79 Å². The number of carbonyl (C=O) groups is 1. The summed E-state index contributed by atoms with van der Waals surface area (Å²) in [6.07, 6.45) is 0. The highest BCUT2D eigenvalue weighted by molar-refractivity contribution is 9.11. The molecule has 1 amide bonds. The van der Waals surface area contributed by atoms with E-state index in [0.29, 0.717) is 12.1 Å². The second kappa shape index (κ2) is 6.16. The molecule has 18 heavy (non-hydrogen) atoms. The molecule has 0 bridgehead atoms. The fourth-order valence-electron chi connectivity index (χ4n) is 1.54. The first kappa shape index (κ1) is 13.3. The molecule has 0 aliphatic heterocycles. The molecule has 2 aromatic carbocycles. The van der Waals surface area contributed by atoms with Crippen molar-refractivity contribution in [2.75, 3.05) is 0 Å². The van der Waals surface area contributed by atoms with E-state index in [9.17, 15) is 4.79 Å². The maximum absolute atomic E-state index is 12.0. The lowest BCUT2D eigenvalue weighted by Crippen LogP contribution is -2.23. The van der Waals surface area contributed by atoms with Gasteiger partial charge in [-0.25, -0.2) is 0 Å². The minimum atomic E-state index is -0.0907. The van der Waals surface area contributed by atoms with Crippen molar-refractivity contribution in [2.24, 2.45) is 0 Å². The number of hydrogen-bond acceptors (Lipinski definition) is 1. The van der Waals surface area contributed by atoms with Crippen molar-refractivity contribution in [1.29, 1.82) is 0 Å². The molecule has 0 spiro atoms. The zero-order chi connectivity index (χ0) is 13.0. The highest BCUT2D eigenvalue weighted by Crippen LogP contribution is 2.21. The van der Waals surface area contributed by atoms with E-state index >= 15 is 0 Å². The summed E-state index contributed by atoms with van der Waals surface area (Å²) < 4.78 is 1.67. The number of rotatable bonds is 3. The third-order valence-corrected chi connectivity index (χ3v) is 3.65. The summed E-state index contributed by atoms with van der Waals surface area (Å²) in [5, 5.41) is 2.89. The second-order valence-corrected chi connectivity index (χ2v) is 5.56. The molecule has 0 saturated heterocycles. The minimum absolute atomic E-state index is 0.0907. The van der Waals surface area contributed by atoms with E-state index in [1.54, 1.807) is 6.07 Å². The van der Waals surface area contributed by atoms with Crippen molar-refractivity contribution in [2.45, 2.75) is 6.54 Å². The molecule has 2 aromatic rings. The van der Waals surface area contributed by atoms with Crippen molar-refractivity contribution in [1.82, 2.24) is 5.32 Å². The van der Waals surface area contributed by atoms with Crippen LogP contribution in [0, 0.1) is 0 Å². The van der Waals surface area contributed by atoms with Gasteiger partial charge in [-0.3, -0.25) is 4.79 Å².